The third kappa shape index (κ3) is 2.94. The molecule has 1 atom stereocenters. The van der Waals surface area contributed by atoms with Crippen molar-refractivity contribution in [3.05, 3.63) is 27.6 Å². The number of methoxy groups -OCH3 is 1. The van der Waals surface area contributed by atoms with E-state index in [2.05, 4.69) is 14.8 Å². The van der Waals surface area contributed by atoms with Crippen LogP contribution in [0, 0.1) is 0 Å². The Morgan fingerprint density at radius 3 is 3.29 bits per heavy atom. The molecule has 0 saturated carbocycles. The molecule has 0 N–H and O–H groups in total. The summed E-state index contributed by atoms with van der Waals surface area (Å²) in [7, 11) is 1.34. The van der Waals surface area contributed by atoms with Gasteiger partial charge in [0.15, 0.2) is 6.10 Å². The highest BCUT2D eigenvalue weighted by molar-refractivity contribution is 7.14. The van der Waals surface area contributed by atoms with Crippen LogP contribution in [-0.4, -0.2) is 58.4 Å². The summed E-state index contributed by atoms with van der Waals surface area (Å²) in [5.41, 5.74) is 2.04. The number of esters is 1. The summed E-state index contributed by atoms with van der Waals surface area (Å²) in [4.78, 5) is 30.4. The molecule has 0 aromatic carbocycles. The van der Waals surface area contributed by atoms with E-state index in [1.54, 1.807) is 5.51 Å². The zero-order chi connectivity index (χ0) is 14.8. The third-order valence-corrected chi connectivity index (χ3v) is 3.91. The maximum Gasteiger partial charge on any atom is 0.336 e. The molecule has 1 fully saturated rings. The molecule has 9 heteroatoms. The molecule has 0 radical (unpaired) electrons. The summed E-state index contributed by atoms with van der Waals surface area (Å²) >= 11 is 1.31. The average molecular weight is 310 g/mol. The van der Waals surface area contributed by atoms with Gasteiger partial charge in [0, 0.05) is 25.7 Å². The molecular formula is C12H14N4O4S. The molecule has 112 valence electrons. The van der Waals surface area contributed by atoms with Gasteiger partial charge in [-0.3, -0.25) is 9.69 Å². The summed E-state index contributed by atoms with van der Waals surface area (Å²) in [6.07, 6.45) is -0.586. The highest BCUT2D eigenvalue weighted by Gasteiger charge is 2.27. The minimum Gasteiger partial charge on any atom is -0.467 e. The molecule has 1 aliphatic rings. The first-order valence-electron chi connectivity index (χ1n) is 6.41. The summed E-state index contributed by atoms with van der Waals surface area (Å²) in [6.45, 7) is 2.04. The van der Waals surface area contributed by atoms with E-state index >= 15 is 0 Å². The van der Waals surface area contributed by atoms with Crippen LogP contribution in [0.4, 0.5) is 0 Å². The number of hydrogen-bond donors (Lipinski definition) is 0. The molecule has 1 aliphatic heterocycles. The lowest BCUT2D eigenvalue weighted by molar-refractivity contribution is -0.160. The maximum absolute atomic E-state index is 11.9. The van der Waals surface area contributed by atoms with Crippen LogP contribution in [-0.2, 0) is 20.8 Å². The van der Waals surface area contributed by atoms with E-state index in [1.165, 1.54) is 29.0 Å². The van der Waals surface area contributed by atoms with Crippen LogP contribution < -0.4 is 5.56 Å². The van der Waals surface area contributed by atoms with Crippen LogP contribution in [0.5, 0.6) is 0 Å². The Balaban J connectivity index is 1.75. The monoisotopic (exact) mass is 310 g/mol. The van der Waals surface area contributed by atoms with E-state index in [0.717, 1.165) is 0 Å². The predicted molar refractivity (Wildman–Crippen MR) is 74.2 cm³/mol. The number of fused-ring (bicyclic) bond motifs is 1. The fourth-order valence-electron chi connectivity index (χ4n) is 2.23. The van der Waals surface area contributed by atoms with Gasteiger partial charge < -0.3 is 9.47 Å². The molecule has 3 rings (SSSR count). The lowest BCUT2D eigenvalue weighted by Crippen LogP contribution is -2.46. The lowest BCUT2D eigenvalue weighted by Gasteiger charge is -2.30. The molecule has 3 heterocycles. The number of rotatable bonds is 3. The molecule has 2 aromatic heterocycles. The number of morpholine rings is 1. The Labute approximate surface area is 123 Å². The van der Waals surface area contributed by atoms with Gasteiger partial charge in [0.1, 0.15) is 5.51 Å². The van der Waals surface area contributed by atoms with E-state index in [4.69, 9.17) is 4.74 Å². The Morgan fingerprint density at radius 2 is 2.48 bits per heavy atom. The Bertz CT molecular complexity index is 713. The topological polar surface area (TPSA) is 86.0 Å². The van der Waals surface area contributed by atoms with Crippen molar-refractivity contribution in [1.82, 2.24) is 19.5 Å². The lowest BCUT2D eigenvalue weighted by atomic mass is 10.2. The number of aromatic nitrogens is 3. The molecule has 0 spiro atoms. The van der Waals surface area contributed by atoms with Crippen molar-refractivity contribution in [2.24, 2.45) is 0 Å². The van der Waals surface area contributed by atoms with Gasteiger partial charge >= 0.3 is 5.97 Å². The SMILES string of the molecule is COC(=O)C1CN(Cc2cc(=O)n3ncsc3n2)CCO1. The molecule has 1 unspecified atom stereocenters. The molecule has 0 bridgehead atoms. The van der Waals surface area contributed by atoms with Crippen molar-refractivity contribution in [3.8, 4) is 0 Å². The first-order chi connectivity index (χ1) is 10.2. The van der Waals surface area contributed by atoms with Crippen LogP contribution in [0.3, 0.4) is 0 Å². The molecule has 8 nitrogen and oxygen atoms in total. The third-order valence-electron chi connectivity index (χ3n) is 3.24. The Kier molecular flexibility index (Phi) is 3.95. The van der Waals surface area contributed by atoms with Crippen molar-refractivity contribution < 1.29 is 14.3 Å². The van der Waals surface area contributed by atoms with Crippen molar-refractivity contribution in [1.29, 1.82) is 0 Å². The predicted octanol–water partition coefficient (Wildman–Crippen LogP) is -0.475. The second-order valence-corrected chi connectivity index (χ2v) is 5.45. The minimum atomic E-state index is -0.586. The van der Waals surface area contributed by atoms with Gasteiger partial charge in [-0.1, -0.05) is 11.3 Å². The zero-order valence-electron chi connectivity index (χ0n) is 11.4. The van der Waals surface area contributed by atoms with Crippen LogP contribution >= 0.6 is 11.3 Å². The van der Waals surface area contributed by atoms with Gasteiger partial charge in [-0.25, -0.2) is 9.78 Å². The van der Waals surface area contributed by atoms with Crippen molar-refractivity contribution in [2.45, 2.75) is 12.6 Å². The summed E-state index contributed by atoms with van der Waals surface area (Å²) in [5.74, 6) is -0.384. The fraction of sp³-hybridized carbons (Fsp3) is 0.500. The summed E-state index contributed by atoms with van der Waals surface area (Å²) in [6, 6.07) is 1.47. The molecule has 0 aliphatic carbocycles. The van der Waals surface area contributed by atoms with Gasteiger partial charge in [-0.2, -0.15) is 9.61 Å². The van der Waals surface area contributed by atoms with E-state index < -0.39 is 6.10 Å². The normalized spacial score (nSPS) is 19.8. The highest BCUT2D eigenvalue weighted by atomic mass is 32.1. The smallest absolute Gasteiger partial charge is 0.336 e. The summed E-state index contributed by atoms with van der Waals surface area (Å²) < 4.78 is 11.3. The largest absolute Gasteiger partial charge is 0.467 e. The molecular weight excluding hydrogens is 296 g/mol. The van der Waals surface area contributed by atoms with Crippen LogP contribution in [0.1, 0.15) is 5.69 Å². The standard InChI is InChI=1S/C12H14N4O4S/c1-19-11(18)9-6-15(2-3-20-9)5-8-4-10(17)16-12(14-8)21-7-13-16/h4,7,9H,2-3,5-6H2,1H3. The Morgan fingerprint density at radius 1 is 1.62 bits per heavy atom. The number of carbonyl (C=O) groups excluding carboxylic acids is 1. The van der Waals surface area contributed by atoms with Gasteiger partial charge in [0.05, 0.1) is 19.4 Å². The van der Waals surface area contributed by atoms with Crippen molar-refractivity contribution in [2.75, 3.05) is 26.8 Å². The van der Waals surface area contributed by atoms with Crippen LogP contribution in [0.25, 0.3) is 4.96 Å². The fourth-order valence-corrected chi connectivity index (χ4v) is 2.87. The minimum absolute atomic E-state index is 0.200. The van der Waals surface area contributed by atoms with E-state index in [0.29, 0.717) is 36.9 Å². The van der Waals surface area contributed by atoms with Gasteiger partial charge in [0.2, 0.25) is 4.96 Å². The van der Waals surface area contributed by atoms with E-state index in [1.807, 2.05) is 4.90 Å². The summed E-state index contributed by atoms with van der Waals surface area (Å²) in [5, 5.41) is 3.92. The first kappa shape index (κ1) is 14.1. The average Bonchev–Trinajstić information content (AvgIpc) is 2.95. The van der Waals surface area contributed by atoms with Crippen molar-refractivity contribution >= 4 is 22.3 Å². The molecule has 0 amide bonds. The Hall–Kier alpha value is -1.84. The molecule has 2 aromatic rings. The molecule has 1 saturated heterocycles. The zero-order valence-corrected chi connectivity index (χ0v) is 12.2. The number of ether oxygens (including phenoxy) is 2. The van der Waals surface area contributed by atoms with Gasteiger partial charge in [-0.15, -0.1) is 0 Å². The van der Waals surface area contributed by atoms with E-state index in [9.17, 15) is 9.59 Å². The number of hydrogen-bond acceptors (Lipinski definition) is 8. The van der Waals surface area contributed by atoms with Crippen LogP contribution in [0.15, 0.2) is 16.4 Å². The highest BCUT2D eigenvalue weighted by Crippen LogP contribution is 2.11. The maximum atomic E-state index is 11.9. The van der Waals surface area contributed by atoms with E-state index in [-0.39, 0.29) is 11.5 Å². The molecule has 21 heavy (non-hydrogen) atoms. The van der Waals surface area contributed by atoms with Crippen LogP contribution in [0.2, 0.25) is 0 Å². The second-order valence-electron chi connectivity index (χ2n) is 4.64. The van der Waals surface area contributed by atoms with Gasteiger partial charge in [0.25, 0.3) is 5.56 Å². The quantitative estimate of drug-likeness (QED) is 0.708. The second kappa shape index (κ2) is 5.88. The van der Waals surface area contributed by atoms with Crippen molar-refractivity contribution in [3.63, 3.8) is 0 Å². The van der Waals surface area contributed by atoms with Gasteiger partial charge in [-0.05, 0) is 0 Å². The number of nitrogens with zero attached hydrogens (tertiary/aromatic N) is 4. The number of carbonyl (C=O) groups is 1. The first-order valence-corrected chi connectivity index (χ1v) is 7.29.